The number of benzene rings is 2. The van der Waals surface area contributed by atoms with Gasteiger partial charge >= 0.3 is 0 Å². The van der Waals surface area contributed by atoms with Crippen molar-refractivity contribution in [1.29, 1.82) is 0 Å². The molecule has 4 nitrogen and oxygen atoms in total. The Kier molecular flexibility index (Phi) is 4.51. The van der Waals surface area contributed by atoms with Crippen LogP contribution in [0.15, 0.2) is 42.5 Å². The third kappa shape index (κ3) is 3.16. The molecule has 118 valence electrons. The number of hydrogen-bond donors (Lipinski definition) is 0. The van der Waals surface area contributed by atoms with Gasteiger partial charge in [-0.25, -0.2) is 9.97 Å². The SMILES string of the molecule is CCCCN(CC)C(=O)c1ccc2nc3ccccc3nc2c1. The Morgan fingerprint density at radius 2 is 1.61 bits per heavy atom. The molecule has 0 aliphatic carbocycles. The summed E-state index contributed by atoms with van der Waals surface area (Å²) in [5, 5.41) is 0. The Morgan fingerprint density at radius 3 is 2.26 bits per heavy atom. The van der Waals surface area contributed by atoms with E-state index in [0.29, 0.717) is 5.56 Å². The Morgan fingerprint density at radius 1 is 0.957 bits per heavy atom. The fourth-order valence-corrected chi connectivity index (χ4v) is 2.69. The maximum atomic E-state index is 12.7. The van der Waals surface area contributed by atoms with E-state index in [1.165, 1.54) is 0 Å². The summed E-state index contributed by atoms with van der Waals surface area (Å²) < 4.78 is 0. The van der Waals surface area contributed by atoms with E-state index in [-0.39, 0.29) is 5.91 Å². The smallest absolute Gasteiger partial charge is 0.253 e. The molecule has 0 unspecified atom stereocenters. The highest BCUT2D eigenvalue weighted by atomic mass is 16.2. The van der Waals surface area contributed by atoms with Crippen LogP contribution in [-0.2, 0) is 0 Å². The zero-order valence-electron chi connectivity index (χ0n) is 13.6. The lowest BCUT2D eigenvalue weighted by Crippen LogP contribution is -2.31. The average Bonchev–Trinajstić information content (AvgIpc) is 2.59. The predicted octanol–water partition coefficient (Wildman–Crippen LogP) is 4.05. The molecule has 0 atom stereocenters. The number of aromatic nitrogens is 2. The molecular weight excluding hydrogens is 286 g/mol. The molecule has 1 amide bonds. The molecule has 3 rings (SSSR count). The molecule has 0 aliphatic rings. The van der Waals surface area contributed by atoms with E-state index in [1.807, 2.05) is 54.3 Å². The number of amides is 1. The molecule has 23 heavy (non-hydrogen) atoms. The maximum Gasteiger partial charge on any atom is 0.253 e. The zero-order valence-corrected chi connectivity index (χ0v) is 13.6. The summed E-state index contributed by atoms with van der Waals surface area (Å²) in [6.07, 6.45) is 2.11. The second-order valence-electron chi connectivity index (χ2n) is 5.65. The summed E-state index contributed by atoms with van der Waals surface area (Å²) in [7, 11) is 0. The third-order valence-electron chi connectivity index (χ3n) is 4.04. The van der Waals surface area contributed by atoms with Crippen LogP contribution in [0.3, 0.4) is 0 Å². The number of hydrogen-bond acceptors (Lipinski definition) is 3. The minimum absolute atomic E-state index is 0.0674. The van der Waals surface area contributed by atoms with Gasteiger partial charge in [0.15, 0.2) is 0 Å². The van der Waals surface area contributed by atoms with Crippen LogP contribution in [0.25, 0.3) is 22.1 Å². The molecule has 2 aromatic carbocycles. The number of para-hydroxylation sites is 2. The molecule has 0 radical (unpaired) electrons. The summed E-state index contributed by atoms with van der Waals surface area (Å²) >= 11 is 0. The van der Waals surface area contributed by atoms with Gasteiger partial charge in [0.25, 0.3) is 5.91 Å². The first-order valence-corrected chi connectivity index (χ1v) is 8.18. The average molecular weight is 307 g/mol. The van der Waals surface area contributed by atoms with Crippen molar-refractivity contribution in [3.8, 4) is 0 Å². The van der Waals surface area contributed by atoms with Crippen LogP contribution in [-0.4, -0.2) is 33.9 Å². The summed E-state index contributed by atoms with van der Waals surface area (Å²) in [6, 6.07) is 13.4. The van der Waals surface area contributed by atoms with Crippen LogP contribution in [0, 0.1) is 0 Å². The van der Waals surface area contributed by atoms with Crippen LogP contribution < -0.4 is 0 Å². The first kappa shape index (κ1) is 15.4. The second kappa shape index (κ2) is 6.73. The minimum atomic E-state index is 0.0674. The molecule has 0 bridgehead atoms. The first-order valence-electron chi connectivity index (χ1n) is 8.18. The van der Waals surface area contributed by atoms with Crippen LogP contribution in [0.2, 0.25) is 0 Å². The van der Waals surface area contributed by atoms with Crippen LogP contribution in [0.1, 0.15) is 37.0 Å². The highest BCUT2D eigenvalue weighted by Gasteiger charge is 2.14. The number of carbonyl (C=O) groups is 1. The molecule has 1 aromatic heterocycles. The topological polar surface area (TPSA) is 46.1 Å². The number of rotatable bonds is 5. The fraction of sp³-hybridized carbons (Fsp3) is 0.316. The van der Waals surface area contributed by atoms with E-state index < -0.39 is 0 Å². The van der Waals surface area contributed by atoms with Crippen molar-refractivity contribution in [2.45, 2.75) is 26.7 Å². The minimum Gasteiger partial charge on any atom is -0.339 e. The van der Waals surface area contributed by atoms with Crippen molar-refractivity contribution < 1.29 is 4.79 Å². The van der Waals surface area contributed by atoms with Crippen LogP contribution in [0.4, 0.5) is 0 Å². The molecule has 3 aromatic rings. The van der Waals surface area contributed by atoms with Crippen LogP contribution in [0.5, 0.6) is 0 Å². The van der Waals surface area contributed by atoms with Crippen molar-refractivity contribution in [1.82, 2.24) is 14.9 Å². The molecule has 0 fully saturated rings. The molecule has 4 heteroatoms. The van der Waals surface area contributed by atoms with Gasteiger partial charge in [-0.3, -0.25) is 4.79 Å². The number of nitrogens with zero attached hydrogens (tertiary/aromatic N) is 3. The third-order valence-corrected chi connectivity index (χ3v) is 4.04. The molecule has 0 N–H and O–H groups in total. The molecule has 0 aliphatic heterocycles. The van der Waals surface area contributed by atoms with Gasteiger partial charge in [0.2, 0.25) is 0 Å². The normalized spacial score (nSPS) is 11.0. The van der Waals surface area contributed by atoms with Crippen molar-refractivity contribution in [2.24, 2.45) is 0 Å². The largest absolute Gasteiger partial charge is 0.339 e. The lowest BCUT2D eigenvalue weighted by Gasteiger charge is -2.20. The molecule has 0 saturated carbocycles. The molecular formula is C19H21N3O. The zero-order chi connectivity index (χ0) is 16.2. The Hall–Kier alpha value is -2.49. The van der Waals surface area contributed by atoms with Gasteiger partial charge in [0, 0.05) is 18.7 Å². The number of carbonyl (C=O) groups excluding carboxylic acids is 1. The highest BCUT2D eigenvalue weighted by Crippen LogP contribution is 2.18. The first-order chi connectivity index (χ1) is 11.2. The molecule has 1 heterocycles. The van der Waals surface area contributed by atoms with Gasteiger partial charge < -0.3 is 4.90 Å². The van der Waals surface area contributed by atoms with E-state index >= 15 is 0 Å². The van der Waals surface area contributed by atoms with Crippen molar-refractivity contribution in [3.63, 3.8) is 0 Å². The van der Waals surface area contributed by atoms with E-state index in [1.54, 1.807) is 0 Å². The lowest BCUT2D eigenvalue weighted by atomic mass is 10.1. The Bertz CT molecular complexity index is 844. The maximum absolute atomic E-state index is 12.7. The van der Waals surface area contributed by atoms with Gasteiger partial charge in [0.1, 0.15) is 0 Å². The monoisotopic (exact) mass is 307 g/mol. The summed E-state index contributed by atoms with van der Waals surface area (Å²) in [4.78, 5) is 23.8. The van der Waals surface area contributed by atoms with E-state index in [2.05, 4.69) is 16.9 Å². The molecule has 0 saturated heterocycles. The molecule has 0 spiro atoms. The van der Waals surface area contributed by atoms with Gasteiger partial charge in [0.05, 0.1) is 22.1 Å². The standard InChI is InChI=1S/C19H21N3O/c1-3-5-12-22(4-2)19(23)14-10-11-17-18(13-14)21-16-9-7-6-8-15(16)20-17/h6-11,13H,3-5,12H2,1-2H3. The highest BCUT2D eigenvalue weighted by molar-refractivity contribution is 5.98. The van der Waals surface area contributed by atoms with E-state index in [0.717, 1.165) is 48.0 Å². The van der Waals surface area contributed by atoms with Crippen molar-refractivity contribution in [2.75, 3.05) is 13.1 Å². The summed E-state index contributed by atoms with van der Waals surface area (Å²) in [6.45, 7) is 5.67. The Balaban J connectivity index is 1.98. The van der Waals surface area contributed by atoms with Crippen molar-refractivity contribution >= 4 is 28.0 Å². The van der Waals surface area contributed by atoms with Gasteiger partial charge in [-0.1, -0.05) is 25.5 Å². The lowest BCUT2D eigenvalue weighted by molar-refractivity contribution is 0.0762. The Labute approximate surface area is 136 Å². The van der Waals surface area contributed by atoms with Gasteiger partial charge in [-0.05, 0) is 43.7 Å². The van der Waals surface area contributed by atoms with E-state index in [9.17, 15) is 4.79 Å². The van der Waals surface area contributed by atoms with Crippen molar-refractivity contribution in [3.05, 3.63) is 48.0 Å². The number of fused-ring (bicyclic) bond motifs is 2. The predicted molar refractivity (Wildman–Crippen MR) is 93.5 cm³/mol. The van der Waals surface area contributed by atoms with Crippen LogP contribution >= 0.6 is 0 Å². The summed E-state index contributed by atoms with van der Waals surface area (Å²) in [5.41, 5.74) is 3.98. The van der Waals surface area contributed by atoms with E-state index in [4.69, 9.17) is 0 Å². The fourth-order valence-electron chi connectivity index (χ4n) is 2.69. The quantitative estimate of drug-likeness (QED) is 0.668. The van der Waals surface area contributed by atoms with Gasteiger partial charge in [-0.15, -0.1) is 0 Å². The van der Waals surface area contributed by atoms with Gasteiger partial charge in [-0.2, -0.15) is 0 Å². The second-order valence-corrected chi connectivity index (χ2v) is 5.65. The summed E-state index contributed by atoms with van der Waals surface area (Å²) in [5.74, 6) is 0.0674. The number of unbranched alkanes of at least 4 members (excludes halogenated alkanes) is 1.